The number of aliphatic hydroxyl groups is 1. The van der Waals surface area contributed by atoms with Crippen molar-refractivity contribution in [2.24, 2.45) is 41.4 Å². The van der Waals surface area contributed by atoms with Crippen molar-refractivity contribution in [3.8, 4) is 0 Å². The van der Waals surface area contributed by atoms with E-state index in [1.165, 1.54) is 32.7 Å². The van der Waals surface area contributed by atoms with Gasteiger partial charge in [0.25, 0.3) is 10.1 Å². The lowest BCUT2D eigenvalue weighted by atomic mass is 10.0. The minimum Gasteiger partial charge on any atom is -0.480 e. The molecule has 0 unspecified atom stereocenters. The molecule has 1 aromatic carbocycles. The number of thioether (sulfide) groups is 2. The molecule has 7 fully saturated rings. The number of hydrogen-bond donors (Lipinski definition) is 2. The first-order chi connectivity index (χ1) is 45.0. The third kappa shape index (κ3) is 38.9. The first-order valence-electron chi connectivity index (χ1n) is 33.5. The number of hydrogen-bond acceptors (Lipinski definition) is 25. The van der Waals surface area contributed by atoms with E-state index in [0.29, 0.717) is 96.7 Å². The molecule has 1 aromatic rings. The second-order valence-electron chi connectivity index (χ2n) is 25.3. The summed E-state index contributed by atoms with van der Waals surface area (Å²) in [6, 6.07) is 6.69. The maximum atomic E-state index is 12.3. The van der Waals surface area contributed by atoms with Crippen LogP contribution in [0, 0.1) is 48.3 Å². The third-order valence-electron chi connectivity index (χ3n) is 16.6. The van der Waals surface area contributed by atoms with Gasteiger partial charge in [-0.2, -0.15) is 8.42 Å². The van der Waals surface area contributed by atoms with Crippen molar-refractivity contribution in [2.75, 3.05) is 155 Å². The van der Waals surface area contributed by atoms with E-state index in [0.717, 1.165) is 134 Å². The molecule has 7 saturated heterocycles. The van der Waals surface area contributed by atoms with Gasteiger partial charge in [0, 0.05) is 112 Å². The van der Waals surface area contributed by atoms with E-state index in [4.69, 9.17) is 57.0 Å². The SMILES string of the molecule is CC(=O)SCC1CCOCC1.CCOC(=O)C(C)(C)S(=O)(=O)CC1CCOCC1.CCOC(=O)C(C)(C)SCC1CCOCC1.COC(=O)C1CCOCC1.Cc1ccc(S(=O)(=O)OCC2CCOCC2)cc1.O=C(O)CS(=O)(=O)CC1CCOCC1.OCC1CCOCC1. The van der Waals surface area contributed by atoms with E-state index in [1.54, 1.807) is 49.9 Å². The molecule has 0 spiro atoms. The van der Waals surface area contributed by atoms with Gasteiger partial charge in [-0.25, -0.2) is 16.8 Å². The van der Waals surface area contributed by atoms with Crippen LogP contribution in [0.2, 0.25) is 0 Å². The van der Waals surface area contributed by atoms with Crippen molar-refractivity contribution in [1.82, 2.24) is 0 Å². The van der Waals surface area contributed by atoms with Gasteiger partial charge in [0.1, 0.15) is 10.5 Å². The molecule has 29 heteroatoms. The van der Waals surface area contributed by atoms with Gasteiger partial charge in [-0.1, -0.05) is 29.5 Å². The Morgan fingerprint density at radius 2 is 0.916 bits per heavy atom. The number of sulfone groups is 2. The second-order valence-corrected chi connectivity index (χ2v) is 34.4. The number of ether oxygens (including phenoxy) is 10. The molecule has 7 aliphatic heterocycles. The van der Waals surface area contributed by atoms with Crippen molar-refractivity contribution >= 4 is 82.3 Å². The summed E-state index contributed by atoms with van der Waals surface area (Å²) >= 11 is 3.15. The van der Waals surface area contributed by atoms with Crippen LogP contribution in [0.4, 0.5) is 0 Å². The van der Waals surface area contributed by atoms with Crippen LogP contribution in [0.3, 0.4) is 0 Å². The minimum atomic E-state index is -3.62. The number of methoxy groups -OCH3 is 1. The van der Waals surface area contributed by atoms with Crippen LogP contribution in [0.1, 0.15) is 144 Å². The minimum absolute atomic E-state index is 0.0251. The molecule has 7 heterocycles. The first-order valence-corrected chi connectivity index (χ1v) is 40.3. The van der Waals surface area contributed by atoms with Crippen LogP contribution in [-0.2, 0) is 105 Å². The highest BCUT2D eigenvalue weighted by molar-refractivity contribution is 8.13. The summed E-state index contributed by atoms with van der Waals surface area (Å²) in [6.45, 7) is 25.3. The third-order valence-corrected chi connectivity index (χ3v) is 24.8. The predicted molar refractivity (Wildman–Crippen MR) is 365 cm³/mol. The van der Waals surface area contributed by atoms with Crippen LogP contribution < -0.4 is 0 Å². The topological polar surface area (TPSA) is 330 Å². The van der Waals surface area contributed by atoms with Gasteiger partial charge < -0.3 is 57.6 Å². The molecule has 552 valence electrons. The highest BCUT2D eigenvalue weighted by atomic mass is 32.2. The highest BCUT2D eigenvalue weighted by Crippen LogP contribution is 2.31. The number of esters is 3. The summed E-state index contributed by atoms with van der Waals surface area (Å²) in [7, 11) is -9.14. The lowest BCUT2D eigenvalue weighted by Gasteiger charge is -2.27. The lowest BCUT2D eigenvalue weighted by Crippen LogP contribution is -2.45. The number of carboxylic acid groups (broad SMARTS) is 1. The Bertz CT molecular complexity index is 2610. The zero-order valence-electron chi connectivity index (χ0n) is 57.9. The average Bonchev–Trinajstić information content (AvgIpc) is 0.807. The normalized spacial score (nSPS) is 19.3. The Morgan fingerprint density at radius 1 is 0.537 bits per heavy atom. The molecule has 2 N–H and O–H groups in total. The van der Waals surface area contributed by atoms with Crippen molar-refractivity contribution in [3.05, 3.63) is 29.8 Å². The number of rotatable bonds is 22. The van der Waals surface area contributed by atoms with Crippen LogP contribution in [0.5, 0.6) is 0 Å². The van der Waals surface area contributed by atoms with E-state index >= 15 is 0 Å². The molecule has 0 bridgehead atoms. The van der Waals surface area contributed by atoms with E-state index in [9.17, 15) is 49.2 Å². The monoisotopic (exact) mass is 1450 g/mol. The molecular weight excluding hydrogens is 1340 g/mol. The molecule has 0 amide bonds. The standard InChI is InChI=1S/C13H18O4S.C12H22O5S.C12H22O3S.C8H14O5S.C8H14O2S.C7H12O3.C6H12O2/c1-11-2-4-13(5-3-11)18(14,15)17-10-12-6-8-16-9-7-12;1-4-17-11(13)12(2,3)18(14,15)9-10-5-7-16-8-6-10;1-4-15-11(13)12(2,3)16-9-10-5-7-14-8-6-10;9-8(10)6-14(11,12)5-7-1-3-13-4-2-7;1-7(9)11-6-8-2-4-10-5-3-8;1-9-7(8)6-2-4-10-5-3-6;7-5-6-1-3-8-4-2-6/h2-5,12H,6-10H2,1H3;10H,4-9H2,1-3H3;10H,4-9H2,1-3H3;7H,1-6H2,(H,9,10);8H,2-6H2,1H3;6H,2-5H2,1H3;6-7H,1-5H2. The van der Waals surface area contributed by atoms with Crippen LogP contribution in [0.25, 0.3) is 0 Å². The molecular formula is C66H114O24S5. The van der Waals surface area contributed by atoms with E-state index in [-0.39, 0.29) is 70.3 Å². The fourth-order valence-electron chi connectivity index (χ4n) is 10.0. The summed E-state index contributed by atoms with van der Waals surface area (Å²) < 4.78 is 125. The number of carboxylic acids is 1. The van der Waals surface area contributed by atoms with Gasteiger partial charge in [0.05, 0.1) is 49.2 Å². The maximum Gasteiger partial charge on any atom is 0.326 e. The van der Waals surface area contributed by atoms with Crippen molar-refractivity contribution < 1.29 is 111 Å². The molecule has 95 heavy (non-hydrogen) atoms. The predicted octanol–water partition coefficient (Wildman–Crippen LogP) is 8.38. The summed E-state index contributed by atoms with van der Waals surface area (Å²) in [5, 5.41) is 17.2. The van der Waals surface area contributed by atoms with Gasteiger partial charge in [0.15, 0.2) is 29.5 Å². The zero-order chi connectivity index (χ0) is 70.8. The summed E-state index contributed by atoms with van der Waals surface area (Å²) in [5.41, 5.74) is 1.03. The average molecular weight is 1450 g/mol. The Morgan fingerprint density at radius 3 is 1.31 bits per heavy atom. The van der Waals surface area contributed by atoms with E-state index in [1.807, 2.05) is 27.7 Å². The Kier molecular flexibility index (Phi) is 45.1. The van der Waals surface area contributed by atoms with Crippen LogP contribution >= 0.6 is 23.5 Å². The largest absolute Gasteiger partial charge is 0.480 e. The van der Waals surface area contributed by atoms with Crippen LogP contribution in [-0.4, -0.2) is 229 Å². The fraction of sp³-hybridized carbons (Fsp3) is 0.833. The molecule has 0 atom stereocenters. The number of aryl methyl sites for hydroxylation is 1. The fourth-order valence-corrected chi connectivity index (χ4v) is 16.2. The number of carbonyl (C=O) groups excluding carboxylic acids is 4. The second kappa shape index (κ2) is 48.7. The molecule has 24 nitrogen and oxygen atoms in total. The van der Waals surface area contributed by atoms with Crippen molar-refractivity contribution in [3.63, 3.8) is 0 Å². The molecule has 8 rings (SSSR count). The van der Waals surface area contributed by atoms with Crippen LogP contribution in [0.15, 0.2) is 29.2 Å². The van der Waals surface area contributed by atoms with Gasteiger partial charge in [-0.3, -0.25) is 28.2 Å². The smallest absolute Gasteiger partial charge is 0.326 e. The summed E-state index contributed by atoms with van der Waals surface area (Å²) in [4.78, 5) is 55.4. The Balaban J connectivity index is 0.000000383. The summed E-state index contributed by atoms with van der Waals surface area (Å²) in [5.74, 6) is 1.52. The zero-order valence-corrected chi connectivity index (χ0v) is 62.0. The molecule has 0 radical (unpaired) electrons. The van der Waals surface area contributed by atoms with Gasteiger partial charge >= 0.3 is 23.9 Å². The quantitative estimate of drug-likeness (QED) is 0.0625. The molecule has 0 saturated carbocycles. The molecule has 0 aliphatic carbocycles. The van der Waals surface area contributed by atoms with Gasteiger partial charge in [-0.05, 0) is 192 Å². The van der Waals surface area contributed by atoms with Gasteiger partial charge in [0.2, 0.25) is 0 Å². The molecule has 7 aliphatic rings. The Labute approximate surface area is 575 Å². The highest BCUT2D eigenvalue weighted by Gasteiger charge is 2.44. The number of benzene rings is 1. The lowest BCUT2D eigenvalue weighted by molar-refractivity contribution is -0.148. The molecule has 0 aromatic heterocycles. The number of aliphatic carboxylic acids is 1. The maximum absolute atomic E-state index is 12.3. The number of carbonyl (C=O) groups is 5. The van der Waals surface area contributed by atoms with E-state index in [2.05, 4.69) is 4.74 Å². The van der Waals surface area contributed by atoms with E-state index < -0.39 is 57.0 Å². The van der Waals surface area contributed by atoms with Crippen molar-refractivity contribution in [1.29, 1.82) is 0 Å². The first kappa shape index (κ1) is 88.0. The summed E-state index contributed by atoms with van der Waals surface area (Å²) in [6.07, 6.45) is 12.8. The number of aliphatic hydroxyl groups excluding tert-OH is 1. The Hall–Kier alpha value is -3.04. The van der Waals surface area contributed by atoms with Gasteiger partial charge in [-0.15, -0.1) is 11.8 Å². The van der Waals surface area contributed by atoms with Crippen molar-refractivity contribution in [2.45, 2.75) is 160 Å².